The first-order valence-corrected chi connectivity index (χ1v) is 4.97. The summed E-state index contributed by atoms with van der Waals surface area (Å²) in [5.41, 5.74) is 2.71. The van der Waals surface area contributed by atoms with Gasteiger partial charge in [-0.05, 0) is 12.1 Å². The summed E-state index contributed by atoms with van der Waals surface area (Å²) in [5.74, 6) is 0. The van der Waals surface area contributed by atoms with E-state index in [0.29, 0.717) is 21.8 Å². The zero-order valence-corrected chi connectivity index (χ0v) is 8.66. The predicted molar refractivity (Wildman–Crippen MR) is 61.4 cm³/mol. The second-order valence-corrected chi connectivity index (χ2v) is 3.54. The number of para-hydroxylation sites is 1. The van der Waals surface area contributed by atoms with Crippen LogP contribution < -0.4 is 16.3 Å². The van der Waals surface area contributed by atoms with Gasteiger partial charge in [-0.15, -0.1) is 0 Å². The van der Waals surface area contributed by atoms with Crippen LogP contribution in [-0.4, -0.2) is 19.8 Å². The fourth-order valence-corrected chi connectivity index (χ4v) is 1.77. The van der Waals surface area contributed by atoms with E-state index in [2.05, 4.69) is 10.1 Å². The van der Waals surface area contributed by atoms with Gasteiger partial charge in [-0.25, -0.2) is 4.98 Å². The van der Waals surface area contributed by atoms with Crippen molar-refractivity contribution in [3.05, 3.63) is 46.0 Å². The smallest absolute Gasteiger partial charge is 0.282 e. The number of hydroxylamine groups is 1. The minimum atomic E-state index is -0.219. The maximum Gasteiger partial charge on any atom is 0.282 e. The summed E-state index contributed by atoms with van der Waals surface area (Å²) in [6, 6.07) is 7.07. The Kier molecular flexibility index (Phi) is 2.02. The van der Waals surface area contributed by atoms with Crippen molar-refractivity contribution in [2.45, 2.75) is 0 Å². The molecule has 17 heavy (non-hydrogen) atoms. The van der Waals surface area contributed by atoms with E-state index in [1.165, 1.54) is 16.9 Å². The SMILES string of the molecule is O=c1c2ccccc2nc2c(=CNO)cnn12. The van der Waals surface area contributed by atoms with Gasteiger partial charge in [-0.2, -0.15) is 9.61 Å². The summed E-state index contributed by atoms with van der Waals surface area (Å²) in [6.07, 6.45) is 2.79. The largest absolute Gasteiger partial charge is 0.292 e. The molecule has 6 heteroatoms. The summed E-state index contributed by atoms with van der Waals surface area (Å²) < 4.78 is 1.21. The van der Waals surface area contributed by atoms with E-state index in [-0.39, 0.29) is 5.56 Å². The third-order valence-corrected chi connectivity index (χ3v) is 2.54. The lowest BCUT2D eigenvalue weighted by Crippen LogP contribution is -2.17. The normalized spacial score (nSPS) is 12.4. The standard InChI is InChI=1S/C11H8N4O2/c16-11-8-3-1-2-4-9(8)14-10-7(6-13-17)5-12-15(10)11/h1-6,13,17H. The summed E-state index contributed by atoms with van der Waals surface area (Å²) in [7, 11) is 0. The molecule has 3 aromatic rings. The van der Waals surface area contributed by atoms with Crippen molar-refractivity contribution < 1.29 is 5.21 Å². The maximum atomic E-state index is 12.1. The molecule has 0 spiro atoms. The average molecular weight is 228 g/mol. The van der Waals surface area contributed by atoms with E-state index in [4.69, 9.17) is 5.21 Å². The van der Waals surface area contributed by atoms with Crippen molar-refractivity contribution >= 4 is 22.8 Å². The summed E-state index contributed by atoms with van der Waals surface area (Å²) in [4.78, 5) is 16.4. The van der Waals surface area contributed by atoms with Crippen molar-refractivity contribution in [1.82, 2.24) is 20.1 Å². The third kappa shape index (κ3) is 1.35. The number of aromatic nitrogens is 3. The van der Waals surface area contributed by atoms with Gasteiger partial charge in [-0.1, -0.05) is 12.1 Å². The van der Waals surface area contributed by atoms with E-state index >= 15 is 0 Å². The lowest BCUT2D eigenvalue weighted by atomic mass is 10.2. The lowest BCUT2D eigenvalue weighted by molar-refractivity contribution is 0.230. The van der Waals surface area contributed by atoms with Gasteiger partial charge in [0.05, 0.1) is 22.3 Å². The van der Waals surface area contributed by atoms with Gasteiger partial charge in [0.1, 0.15) is 0 Å². The van der Waals surface area contributed by atoms with E-state index in [1.807, 2.05) is 11.5 Å². The Labute approximate surface area is 94.8 Å². The van der Waals surface area contributed by atoms with Gasteiger partial charge in [0.25, 0.3) is 5.56 Å². The molecule has 0 bridgehead atoms. The van der Waals surface area contributed by atoms with Crippen LogP contribution in [0.25, 0.3) is 22.8 Å². The molecule has 2 N–H and O–H groups in total. The highest BCUT2D eigenvalue weighted by Crippen LogP contribution is 2.05. The number of hydrogen-bond donors (Lipinski definition) is 2. The lowest BCUT2D eigenvalue weighted by Gasteiger charge is -1.96. The van der Waals surface area contributed by atoms with Gasteiger partial charge < -0.3 is 0 Å². The molecular formula is C11H8N4O2. The second kappa shape index (κ2) is 3.53. The number of nitrogens with one attached hydrogen (secondary N) is 1. The maximum absolute atomic E-state index is 12.1. The Morgan fingerprint density at radius 1 is 1.35 bits per heavy atom. The Bertz CT molecular complexity index is 809. The van der Waals surface area contributed by atoms with Gasteiger partial charge >= 0.3 is 0 Å². The van der Waals surface area contributed by atoms with Crippen LogP contribution in [0.2, 0.25) is 0 Å². The molecule has 1 aromatic carbocycles. The van der Waals surface area contributed by atoms with Crippen LogP contribution in [0.3, 0.4) is 0 Å². The van der Waals surface area contributed by atoms with Crippen molar-refractivity contribution in [3.63, 3.8) is 0 Å². The first-order chi connectivity index (χ1) is 8.31. The molecule has 0 radical (unpaired) electrons. The van der Waals surface area contributed by atoms with Crippen molar-refractivity contribution in [1.29, 1.82) is 0 Å². The molecule has 0 unspecified atom stereocenters. The van der Waals surface area contributed by atoms with Gasteiger partial charge in [0, 0.05) is 6.20 Å². The van der Waals surface area contributed by atoms with E-state index < -0.39 is 0 Å². The van der Waals surface area contributed by atoms with Gasteiger partial charge in [-0.3, -0.25) is 15.5 Å². The molecule has 0 fully saturated rings. The molecule has 3 rings (SSSR count). The molecule has 84 valence electrons. The highest BCUT2D eigenvalue weighted by molar-refractivity contribution is 5.79. The fourth-order valence-electron chi connectivity index (χ4n) is 1.77. The molecular weight excluding hydrogens is 220 g/mol. The van der Waals surface area contributed by atoms with Crippen molar-refractivity contribution in [2.75, 3.05) is 0 Å². The highest BCUT2D eigenvalue weighted by Gasteiger charge is 2.07. The zero-order valence-electron chi connectivity index (χ0n) is 8.66. The van der Waals surface area contributed by atoms with Gasteiger partial charge in [0.2, 0.25) is 0 Å². The van der Waals surface area contributed by atoms with Crippen LogP contribution in [0, 0.1) is 0 Å². The fraction of sp³-hybridized carbons (Fsp3) is 0. The summed E-state index contributed by atoms with van der Waals surface area (Å²) >= 11 is 0. The third-order valence-electron chi connectivity index (χ3n) is 2.54. The highest BCUT2D eigenvalue weighted by atomic mass is 16.5. The average Bonchev–Trinajstić information content (AvgIpc) is 2.74. The molecule has 0 aliphatic heterocycles. The molecule has 0 atom stereocenters. The number of fused-ring (bicyclic) bond motifs is 2. The summed E-state index contributed by atoms with van der Waals surface area (Å²) in [6.45, 7) is 0. The first-order valence-electron chi connectivity index (χ1n) is 4.97. The van der Waals surface area contributed by atoms with Crippen LogP contribution in [0.5, 0.6) is 0 Å². The summed E-state index contributed by atoms with van der Waals surface area (Å²) in [5, 5.41) is 13.6. The van der Waals surface area contributed by atoms with Crippen LogP contribution in [0.1, 0.15) is 0 Å². The van der Waals surface area contributed by atoms with Crippen LogP contribution in [-0.2, 0) is 0 Å². The number of rotatable bonds is 1. The van der Waals surface area contributed by atoms with E-state index in [0.717, 1.165) is 0 Å². The quantitative estimate of drug-likeness (QED) is 0.558. The Hall–Kier alpha value is -2.47. The molecule has 0 saturated carbocycles. The predicted octanol–water partition coefficient (Wildman–Crippen LogP) is -0.322. The molecule has 0 aliphatic rings. The molecule has 2 aromatic heterocycles. The monoisotopic (exact) mass is 228 g/mol. The van der Waals surface area contributed by atoms with E-state index in [9.17, 15) is 4.79 Å². The first kappa shape index (κ1) is 9.73. The molecule has 0 aliphatic carbocycles. The van der Waals surface area contributed by atoms with Crippen LogP contribution >= 0.6 is 0 Å². The van der Waals surface area contributed by atoms with Gasteiger partial charge in [0.15, 0.2) is 5.65 Å². The van der Waals surface area contributed by atoms with Crippen LogP contribution in [0.4, 0.5) is 0 Å². The Morgan fingerprint density at radius 3 is 3.00 bits per heavy atom. The minimum Gasteiger partial charge on any atom is -0.292 e. The van der Waals surface area contributed by atoms with E-state index in [1.54, 1.807) is 18.2 Å². The number of nitrogens with zero attached hydrogens (tertiary/aromatic N) is 3. The number of hydrogen-bond acceptors (Lipinski definition) is 5. The zero-order chi connectivity index (χ0) is 11.8. The molecule has 0 saturated heterocycles. The van der Waals surface area contributed by atoms with Crippen molar-refractivity contribution in [2.24, 2.45) is 0 Å². The topological polar surface area (TPSA) is 79.5 Å². The Balaban J connectivity index is 2.57. The Morgan fingerprint density at radius 2 is 2.18 bits per heavy atom. The molecule has 0 amide bonds. The molecule has 6 nitrogen and oxygen atoms in total. The second-order valence-electron chi connectivity index (χ2n) is 3.54. The van der Waals surface area contributed by atoms with Crippen molar-refractivity contribution in [3.8, 4) is 0 Å². The van der Waals surface area contributed by atoms with Crippen LogP contribution in [0.15, 0.2) is 35.3 Å². The minimum absolute atomic E-state index is 0.219. The number of benzene rings is 1. The molecule has 2 heterocycles.